The van der Waals surface area contributed by atoms with Crippen LogP contribution in [0.4, 0.5) is 0 Å². The van der Waals surface area contributed by atoms with Gasteiger partial charge in [0.25, 0.3) is 0 Å². The minimum absolute atomic E-state index is 0.107. The van der Waals surface area contributed by atoms with Crippen LogP contribution in [-0.2, 0) is 20.7 Å². The van der Waals surface area contributed by atoms with Crippen LogP contribution in [0.2, 0.25) is 0 Å². The summed E-state index contributed by atoms with van der Waals surface area (Å²) in [5.74, 6) is 0.203. The SMILES string of the molecule is C=CC[C@H](O)Cc1c(/C=C/C(=O)OCC)cccc1OCOC. The van der Waals surface area contributed by atoms with Crippen LogP contribution < -0.4 is 4.74 Å². The van der Waals surface area contributed by atoms with E-state index in [4.69, 9.17) is 14.2 Å². The van der Waals surface area contributed by atoms with Crippen molar-refractivity contribution in [3.05, 3.63) is 48.1 Å². The van der Waals surface area contributed by atoms with Crippen molar-refractivity contribution in [2.45, 2.75) is 25.9 Å². The zero-order valence-corrected chi connectivity index (χ0v) is 13.7. The van der Waals surface area contributed by atoms with Crippen LogP contribution >= 0.6 is 0 Å². The lowest BCUT2D eigenvalue weighted by molar-refractivity contribution is -0.137. The van der Waals surface area contributed by atoms with Gasteiger partial charge in [-0.3, -0.25) is 0 Å². The van der Waals surface area contributed by atoms with E-state index in [9.17, 15) is 9.90 Å². The van der Waals surface area contributed by atoms with Crippen molar-refractivity contribution in [1.29, 1.82) is 0 Å². The topological polar surface area (TPSA) is 65.0 Å². The third-order valence-electron chi connectivity index (χ3n) is 3.07. The Balaban J connectivity index is 3.06. The molecular formula is C18H24O5. The van der Waals surface area contributed by atoms with E-state index in [2.05, 4.69) is 6.58 Å². The monoisotopic (exact) mass is 320 g/mol. The fourth-order valence-corrected chi connectivity index (χ4v) is 2.07. The molecule has 0 unspecified atom stereocenters. The summed E-state index contributed by atoms with van der Waals surface area (Å²) in [4.78, 5) is 11.5. The first kappa shape index (κ1) is 18.9. The Morgan fingerprint density at radius 2 is 2.22 bits per heavy atom. The number of ether oxygens (including phenoxy) is 3. The number of methoxy groups -OCH3 is 1. The second-order valence-corrected chi connectivity index (χ2v) is 4.84. The molecule has 0 aliphatic rings. The summed E-state index contributed by atoms with van der Waals surface area (Å²) in [5, 5.41) is 10.1. The van der Waals surface area contributed by atoms with Crippen LogP contribution in [0.15, 0.2) is 36.9 Å². The first-order valence-electron chi connectivity index (χ1n) is 7.49. The van der Waals surface area contributed by atoms with E-state index in [1.54, 1.807) is 25.1 Å². The van der Waals surface area contributed by atoms with Gasteiger partial charge in [0, 0.05) is 25.2 Å². The zero-order chi connectivity index (χ0) is 17.1. The Morgan fingerprint density at radius 3 is 2.87 bits per heavy atom. The number of benzene rings is 1. The lowest BCUT2D eigenvalue weighted by atomic mass is 9.98. The van der Waals surface area contributed by atoms with E-state index < -0.39 is 12.1 Å². The van der Waals surface area contributed by atoms with Crippen molar-refractivity contribution in [2.24, 2.45) is 0 Å². The highest BCUT2D eigenvalue weighted by Crippen LogP contribution is 2.26. The van der Waals surface area contributed by atoms with E-state index >= 15 is 0 Å². The molecule has 0 aromatic heterocycles. The van der Waals surface area contributed by atoms with Gasteiger partial charge in [-0.25, -0.2) is 4.79 Å². The van der Waals surface area contributed by atoms with E-state index in [0.29, 0.717) is 25.2 Å². The molecular weight excluding hydrogens is 296 g/mol. The maximum atomic E-state index is 11.5. The standard InChI is InChI=1S/C18H24O5/c1-4-7-15(19)12-16-14(10-11-18(20)22-5-2)8-6-9-17(16)23-13-21-3/h4,6,8-11,15,19H,1,5,7,12-13H2,2-3H3/b11-10+/t15-/m0/s1. The number of rotatable bonds is 10. The Kier molecular flexibility index (Phi) is 8.72. The van der Waals surface area contributed by atoms with Crippen LogP contribution in [0.1, 0.15) is 24.5 Å². The third kappa shape index (κ3) is 6.67. The average molecular weight is 320 g/mol. The van der Waals surface area contributed by atoms with Gasteiger partial charge in [-0.05, 0) is 31.1 Å². The number of hydrogen-bond acceptors (Lipinski definition) is 5. The third-order valence-corrected chi connectivity index (χ3v) is 3.07. The maximum absolute atomic E-state index is 11.5. The van der Waals surface area contributed by atoms with Gasteiger partial charge < -0.3 is 19.3 Å². The van der Waals surface area contributed by atoms with Crippen LogP contribution in [0.3, 0.4) is 0 Å². The van der Waals surface area contributed by atoms with Crippen LogP contribution in [0.5, 0.6) is 5.75 Å². The van der Waals surface area contributed by atoms with E-state index in [1.807, 2.05) is 12.1 Å². The molecule has 23 heavy (non-hydrogen) atoms. The summed E-state index contributed by atoms with van der Waals surface area (Å²) >= 11 is 0. The van der Waals surface area contributed by atoms with Gasteiger partial charge in [0.05, 0.1) is 12.7 Å². The molecule has 0 saturated heterocycles. The molecule has 0 radical (unpaired) electrons. The molecule has 1 N–H and O–H groups in total. The molecule has 126 valence electrons. The van der Waals surface area contributed by atoms with Crippen molar-refractivity contribution < 1.29 is 24.1 Å². The Hall–Kier alpha value is -2.11. The van der Waals surface area contributed by atoms with Gasteiger partial charge in [-0.2, -0.15) is 0 Å². The normalized spacial score (nSPS) is 12.1. The fourth-order valence-electron chi connectivity index (χ4n) is 2.07. The molecule has 5 heteroatoms. The van der Waals surface area contributed by atoms with Gasteiger partial charge in [-0.15, -0.1) is 6.58 Å². The maximum Gasteiger partial charge on any atom is 0.330 e. The van der Waals surface area contributed by atoms with Crippen molar-refractivity contribution in [1.82, 2.24) is 0 Å². The lowest BCUT2D eigenvalue weighted by Crippen LogP contribution is -2.12. The molecule has 0 aliphatic carbocycles. The molecule has 1 rings (SSSR count). The number of carbonyl (C=O) groups is 1. The molecule has 0 bridgehead atoms. The predicted molar refractivity (Wildman–Crippen MR) is 89.1 cm³/mol. The van der Waals surface area contributed by atoms with Gasteiger partial charge >= 0.3 is 5.97 Å². The quantitative estimate of drug-likeness (QED) is 0.311. The number of carbonyl (C=O) groups excluding carboxylic acids is 1. The van der Waals surface area contributed by atoms with Crippen LogP contribution in [-0.4, -0.2) is 37.7 Å². The predicted octanol–water partition coefficient (Wildman–Crippen LogP) is 2.73. The summed E-state index contributed by atoms with van der Waals surface area (Å²) in [6.07, 6.45) is 4.97. The fraction of sp³-hybridized carbons (Fsp3) is 0.389. The second-order valence-electron chi connectivity index (χ2n) is 4.84. The summed E-state index contributed by atoms with van der Waals surface area (Å²) < 4.78 is 15.4. The summed E-state index contributed by atoms with van der Waals surface area (Å²) in [6, 6.07) is 5.47. The highest BCUT2D eigenvalue weighted by molar-refractivity contribution is 5.87. The zero-order valence-electron chi connectivity index (χ0n) is 13.7. The summed E-state index contributed by atoms with van der Waals surface area (Å²) in [5.41, 5.74) is 1.59. The number of aliphatic hydroxyl groups is 1. The molecule has 1 aromatic rings. The smallest absolute Gasteiger partial charge is 0.330 e. The molecule has 1 atom stereocenters. The van der Waals surface area contributed by atoms with Crippen molar-refractivity contribution >= 4 is 12.0 Å². The van der Waals surface area contributed by atoms with Gasteiger partial charge in [-0.1, -0.05) is 18.2 Å². The van der Waals surface area contributed by atoms with Gasteiger partial charge in [0.2, 0.25) is 0 Å². The highest BCUT2D eigenvalue weighted by atomic mass is 16.7. The van der Waals surface area contributed by atoms with E-state index in [0.717, 1.165) is 11.1 Å². The Bertz CT molecular complexity index is 536. The largest absolute Gasteiger partial charge is 0.467 e. The van der Waals surface area contributed by atoms with Gasteiger partial charge in [0.15, 0.2) is 6.79 Å². The second kappa shape index (κ2) is 10.6. The molecule has 0 amide bonds. The Labute approximate surface area is 137 Å². The van der Waals surface area contributed by atoms with Crippen molar-refractivity contribution in [2.75, 3.05) is 20.5 Å². The highest BCUT2D eigenvalue weighted by Gasteiger charge is 2.13. The van der Waals surface area contributed by atoms with E-state index in [-0.39, 0.29) is 6.79 Å². The average Bonchev–Trinajstić information content (AvgIpc) is 2.53. The molecule has 0 heterocycles. The molecule has 0 spiro atoms. The molecule has 1 aromatic carbocycles. The molecule has 0 aliphatic heterocycles. The molecule has 0 fully saturated rings. The number of hydrogen-bond donors (Lipinski definition) is 1. The van der Waals surface area contributed by atoms with Crippen LogP contribution in [0.25, 0.3) is 6.08 Å². The van der Waals surface area contributed by atoms with Gasteiger partial charge in [0.1, 0.15) is 5.75 Å². The first-order chi connectivity index (χ1) is 11.1. The van der Waals surface area contributed by atoms with Crippen molar-refractivity contribution in [3.8, 4) is 5.75 Å². The van der Waals surface area contributed by atoms with E-state index in [1.165, 1.54) is 13.2 Å². The van der Waals surface area contributed by atoms with Crippen LogP contribution in [0, 0.1) is 0 Å². The molecule has 0 saturated carbocycles. The number of aliphatic hydroxyl groups excluding tert-OH is 1. The first-order valence-corrected chi connectivity index (χ1v) is 7.49. The minimum Gasteiger partial charge on any atom is -0.467 e. The van der Waals surface area contributed by atoms with Crippen molar-refractivity contribution in [3.63, 3.8) is 0 Å². The summed E-state index contributed by atoms with van der Waals surface area (Å²) in [6.45, 7) is 5.81. The molecule has 5 nitrogen and oxygen atoms in total. The lowest BCUT2D eigenvalue weighted by Gasteiger charge is -2.16. The minimum atomic E-state index is -0.575. The number of esters is 1. The summed E-state index contributed by atoms with van der Waals surface area (Å²) in [7, 11) is 1.54. The Morgan fingerprint density at radius 1 is 1.43 bits per heavy atom.